The number of rotatable bonds is 9. The fourth-order valence-corrected chi connectivity index (χ4v) is 5.17. The third-order valence-corrected chi connectivity index (χ3v) is 6.84. The summed E-state index contributed by atoms with van der Waals surface area (Å²) in [6, 6.07) is 9.89. The smallest absolute Gasteiger partial charge is 0.393 e. The predicted octanol–water partition coefficient (Wildman–Crippen LogP) is 6.74. The standard InChI is InChI=1S/C26H25F3N2O4S/c1-14(2)24-22(36-25(30-24)17-6-4-16(5-7-17)12-26(27,28)29)9-8-19-18-10-15(3)20(34-13-23(32)33)11-21(18)35-31-19/h4-7,10-11,14H,8-9,12-13H2,1-3H3,(H,32,33). The number of thiazole rings is 1. The highest BCUT2D eigenvalue weighted by atomic mass is 32.1. The van der Waals surface area contributed by atoms with Gasteiger partial charge in [0, 0.05) is 21.9 Å². The van der Waals surface area contributed by atoms with E-state index < -0.39 is 25.2 Å². The van der Waals surface area contributed by atoms with Gasteiger partial charge >= 0.3 is 12.1 Å². The van der Waals surface area contributed by atoms with E-state index in [-0.39, 0.29) is 11.5 Å². The second kappa shape index (κ2) is 10.3. The molecule has 2 heterocycles. The molecule has 0 amide bonds. The van der Waals surface area contributed by atoms with E-state index in [1.807, 2.05) is 13.0 Å². The van der Waals surface area contributed by atoms with Gasteiger partial charge in [-0.05, 0) is 42.9 Å². The molecule has 0 bridgehead atoms. The lowest BCUT2D eigenvalue weighted by Crippen LogP contribution is -2.11. The Bertz CT molecular complexity index is 1370. The molecule has 2 aromatic carbocycles. The maximum Gasteiger partial charge on any atom is 0.393 e. The second-order valence-corrected chi connectivity index (χ2v) is 9.98. The maximum absolute atomic E-state index is 12.7. The summed E-state index contributed by atoms with van der Waals surface area (Å²) in [5.41, 5.74) is 4.04. The summed E-state index contributed by atoms with van der Waals surface area (Å²) < 4.78 is 48.8. The Balaban J connectivity index is 1.53. The summed E-state index contributed by atoms with van der Waals surface area (Å²) in [5.74, 6) is -0.447. The molecule has 10 heteroatoms. The van der Waals surface area contributed by atoms with E-state index in [1.165, 1.54) is 23.5 Å². The molecule has 190 valence electrons. The Morgan fingerprint density at radius 2 is 1.89 bits per heavy atom. The molecule has 0 radical (unpaired) electrons. The summed E-state index contributed by atoms with van der Waals surface area (Å²) in [7, 11) is 0. The highest BCUT2D eigenvalue weighted by molar-refractivity contribution is 7.15. The molecule has 0 unspecified atom stereocenters. The number of aliphatic carboxylic acids is 1. The predicted molar refractivity (Wildman–Crippen MR) is 131 cm³/mol. The zero-order valence-electron chi connectivity index (χ0n) is 20.0. The van der Waals surface area contributed by atoms with Crippen LogP contribution in [0.15, 0.2) is 40.9 Å². The summed E-state index contributed by atoms with van der Waals surface area (Å²) >= 11 is 1.53. The lowest BCUT2D eigenvalue weighted by atomic mass is 10.0. The van der Waals surface area contributed by atoms with Gasteiger partial charge in [-0.2, -0.15) is 13.2 Å². The van der Waals surface area contributed by atoms with Crippen molar-refractivity contribution in [3.05, 3.63) is 63.8 Å². The number of carbonyl (C=O) groups is 1. The molecule has 0 fully saturated rings. The van der Waals surface area contributed by atoms with Crippen LogP contribution >= 0.6 is 11.3 Å². The molecular formula is C26H25F3N2O4S. The average Bonchev–Trinajstić information content (AvgIpc) is 3.39. The van der Waals surface area contributed by atoms with Crippen LogP contribution in [0.3, 0.4) is 0 Å². The van der Waals surface area contributed by atoms with Crippen molar-refractivity contribution in [1.29, 1.82) is 0 Å². The number of halogens is 3. The summed E-state index contributed by atoms with van der Waals surface area (Å²) in [4.78, 5) is 16.7. The number of nitrogens with zero attached hydrogens (tertiary/aromatic N) is 2. The van der Waals surface area contributed by atoms with Gasteiger partial charge in [-0.3, -0.25) is 0 Å². The van der Waals surface area contributed by atoms with E-state index in [2.05, 4.69) is 19.0 Å². The number of ether oxygens (including phenoxy) is 1. The van der Waals surface area contributed by atoms with Gasteiger partial charge in [-0.25, -0.2) is 9.78 Å². The zero-order valence-corrected chi connectivity index (χ0v) is 20.8. The number of aryl methyl sites for hydroxylation is 3. The monoisotopic (exact) mass is 518 g/mol. The molecule has 36 heavy (non-hydrogen) atoms. The van der Waals surface area contributed by atoms with Crippen LogP contribution in [-0.2, 0) is 24.1 Å². The van der Waals surface area contributed by atoms with Crippen LogP contribution in [0, 0.1) is 6.92 Å². The van der Waals surface area contributed by atoms with E-state index in [1.54, 1.807) is 18.2 Å². The number of aromatic nitrogens is 2. The van der Waals surface area contributed by atoms with Crippen LogP contribution in [-0.4, -0.2) is 34.0 Å². The van der Waals surface area contributed by atoms with Crippen molar-refractivity contribution in [3.63, 3.8) is 0 Å². The first-order chi connectivity index (χ1) is 17.0. The Morgan fingerprint density at radius 3 is 2.53 bits per heavy atom. The largest absolute Gasteiger partial charge is 0.481 e. The molecular weight excluding hydrogens is 493 g/mol. The van der Waals surface area contributed by atoms with Crippen LogP contribution < -0.4 is 4.74 Å². The van der Waals surface area contributed by atoms with Crippen LogP contribution in [0.1, 0.15) is 47.2 Å². The molecule has 2 aromatic heterocycles. The Morgan fingerprint density at radius 1 is 1.17 bits per heavy atom. The molecule has 0 saturated heterocycles. The first-order valence-electron chi connectivity index (χ1n) is 11.4. The minimum Gasteiger partial charge on any atom is -0.481 e. The fraction of sp³-hybridized carbons (Fsp3) is 0.346. The van der Waals surface area contributed by atoms with Gasteiger partial charge in [0.05, 0.1) is 17.8 Å². The molecule has 4 aromatic rings. The van der Waals surface area contributed by atoms with Gasteiger partial charge < -0.3 is 14.4 Å². The van der Waals surface area contributed by atoms with Gasteiger partial charge in [0.1, 0.15) is 10.8 Å². The van der Waals surface area contributed by atoms with Crippen LogP contribution in [0.5, 0.6) is 5.75 Å². The number of carboxylic acid groups (broad SMARTS) is 1. The van der Waals surface area contributed by atoms with Crippen LogP contribution in [0.2, 0.25) is 0 Å². The Kier molecular flexibility index (Phi) is 7.35. The molecule has 0 aliphatic carbocycles. The molecule has 0 saturated carbocycles. The van der Waals surface area contributed by atoms with E-state index in [9.17, 15) is 18.0 Å². The third kappa shape index (κ3) is 6.04. The minimum atomic E-state index is -4.24. The van der Waals surface area contributed by atoms with Gasteiger partial charge in [-0.1, -0.05) is 43.3 Å². The quantitative estimate of drug-likeness (QED) is 0.264. The first kappa shape index (κ1) is 25.7. The molecule has 4 rings (SSSR count). The van der Waals surface area contributed by atoms with Crippen molar-refractivity contribution in [1.82, 2.24) is 10.1 Å². The summed E-state index contributed by atoms with van der Waals surface area (Å²) in [6.07, 6.45) is -3.91. The highest BCUT2D eigenvalue weighted by Gasteiger charge is 2.27. The van der Waals surface area contributed by atoms with Crippen molar-refractivity contribution >= 4 is 28.3 Å². The number of fused-ring (bicyclic) bond motifs is 1. The van der Waals surface area contributed by atoms with E-state index in [0.29, 0.717) is 24.2 Å². The lowest BCUT2D eigenvalue weighted by molar-refractivity contribution is -0.139. The van der Waals surface area contributed by atoms with Crippen LogP contribution in [0.4, 0.5) is 13.2 Å². The van der Waals surface area contributed by atoms with Crippen molar-refractivity contribution in [2.24, 2.45) is 0 Å². The van der Waals surface area contributed by atoms with Crippen molar-refractivity contribution in [3.8, 4) is 16.3 Å². The molecule has 0 atom stereocenters. The molecule has 1 N–H and O–H groups in total. The van der Waals surface area contributed by atoms with Gasteiger partial charge in [0.15, 0.2) is 12.2 Å². The molecule has 6 nitrogen and oxygen atoms in total. The van der Waals surface area contributed by atoms with E-state index >= 15 is 0 Å². The van der Waals surface area contributed by atoms with Gasteiger partial charge in [0.25, 0.3) is 0 Å². The maximum atomic E-state index is 12.7. The van der Waals surface area contributed by atoms with Crippen molar-refractivity contribution in [2.45, 2.75) is 52.1 Å². The number of carboxylic acids is 1. The van der Waals surface area contributed by atoms with E-state index in [4.69, 9.17) is 19.4 Å². The van der Waals surface area contributed by atoms with Crippen molar-refractivity contribution in [2.75, 3.05) is 6.61 Å². The normalized spacial score (nSPS) is 12.0. The molecule has 0 aliphatic heterocycles. The second-order valence-electron chi connectivity index (χ2n) is 8.90. The van der Waals surface area contributed by atoms with Crippen molar-refractivity contribution < 1.29 is 32.3 Å². The topological polar surface area (TPSA) is 85.5 Å². The minimum absolute atomic E-state index is 0.180. The average molecular weight is 519 g/mol. The van der Waals surface area contributed by atoms with Gasteiger partial charge in [0.2, 0.25) is 0 Å². The Labute approximate surface area is 209 Å². The SMILES string of the molecule is Cc1cc2c(CCc3sc(-c4ccc(CC(F)(F)F)cc4)nc3C(C)C)noc2cc1OCC(=O)O. The first-order valence-corrected chi connectivity index (χ1v) is 12.2. The Hall–Kier alpha value is -3.40. The van der Waals surface area contributed by atoms with Gasteiger partial charge in [-0.15, -0.1) is 11.3 Å². The summed E-state index contributed by atoms with van der Waals surface area (Å²) in [6.45, 7) is 5.51. The lowest BCUT2D eigenvalue weighted by Gasteiger charge is -2.07. The van der Waals surface area contributed by atoms with E-state index in [0.717, 1.165) is 37.8 Å². The number of hydrogen-bond acceptors (Lipinski definition) is 6. The fourth-order valence-electron chi connectivity index (χ4n) is 3.94. The highest BCUT2D eigenvalue weighted by Crippen LogP contribution is 2.34. The summed E-state index contributed by atoms with van der Waals surface area (Å²) in [5, 5.41) is 14.7. The van der Waals surface area contributed by atoms with Crippen LogP contribution in [0.25, 0.3) is 21.5 Å². The number of hydrogen-bond donors (Lipinski definition) is 1. The molecule has 0 spiro atoms. The number of alkyl halides is 3. The molecule has 0 aliphatic rings. The third-order valence-electron chi connectivity index (χ3n) is 5.66. The number of benzene rings is 2. The zero-order chi connectivity index (χ0) is 26.0.